The number of dihydropyridines is 1. The molecule has 6 rings (SSSR count). The number of amidine groups is 1. The van der Waals surface area contributed by atoms with Crippen molar-refractivity contribution in [3.63, 3.8) is 0 Å². The number of allylic oxidation sites excluding steroid dienone is 4. The van der Waals surface area contributed by atoms with Crippen LogP contribution in [0.2, 0.25) is 5.02 Å². The minimum absolute atomic E-state index is 0.218. The highest BCUT2D eigenvalue weighted by Crippen LogP contribution is 2.47. The quantitative estimate of drug-likeness (QED) is 0.314. The minimum Gasteiger partial charge on any atom is -0.377 e. The van der Waals surface area contributed by atoms with Crippen LogP contribution in [0.3, 0.4) is 0 Å². The third-order valence-electron chi connectivity index (χ3n) is 8.43. The van der Waals surface area contributed by atoms with Crippen LogP contribution < -0.4 is 0 Å². The summed E-state index contributed by atoms with van der Waals surface area (Å²) in [5, 5.41) is 2.74. The van der Waals surface area contributed by atoms with E-state index < -0.39 is 12.2 Å². The zero-order valence-electron chi connectivity index (χ0n) is 23.3. The fourth-order valence-electron chi connectivity index (χ4n) is 6.44. The summed E-state index contributed by atoms with van der Waals surface area (Å²) in [5.74, 6) is 1.05. The van der Waals surface area contributed by atoms with Gasteiger partial charge in [0.2, 0.25) is 0 Å². The molecule has 4 nitrogen and oxygen atoms in total. The second kappa shape index (κ2) is 12.1. The van der Waals surface area contributed by atoms with Crippen molar-refractivity contribution in [3.8, 4) is 0 Å². The van der Waals surface area contributed by atoms with Gasteiger partial charge in [-0.3, -0.25) is 9.98 Å². The van der Waals surface area contributed by atoms with Gasteiger partial charge in [0.15, 0.2) is 0 Å². The van der Waals surface area contributed by atoms with Crippen molar-refractivity contribution < 1.29 is 8.78 Å². The fourth-order valence-corrected chi connectivity index (χ4v) is 7.66. The Bertz CT molecular complexity index is 1430. The summed E-state index contributed by atoms with van der Waals surface area (Å²) in [5.41, 5.74) is 6.21. The van der Waals surface area contributed by atoms with Crippen molar-refractivity contribution in [2.45, 2.75) is 50.1 Å². The van der Waals surface area contributed by atoms with Gasteiger partial charge in [0, 0.05) is 47.4 Å². The predicted molar refractivity (Wildman–Crippen MR) is 168 cm³/mol. The summed E-state index contributed by atoms with van der Waals surface area (Å²) in [6.45, 7) is 8.76. The molecule has 214 valence electrons. The molecule has 1 saturated heterocycles. The molecule has 0 N–H and O–H groups in total. The van der Waals surface area contributed by atoms with E-state index in [0.29, 0.717) is 17.5 Å². The maximum Gasteiger partial charge on any atom is 0.124 e. The first-order chi connectivity index (χ1) is 19.9. The lowest BCUT2D eigenvalue weighted by Crippen LogP contribution is -2.39. The summed E-state index contributed by atoms with van der Waals surface area (Å²) in [6.07, 6.45) is 14.9. The van der Waals surface area contributed by atoms with Gasteiger partial charge in [0.25, 0.3) is 0 Å². The molecule has 0 spiro atoms. The lowest BCUT2D eigenvalue weighted by atomic mass is 9.87. The summed E-state index contributed by atoms with van der Waals surface area (Å²) in [6, 6.07) is 4.18. The van der Waals surface area contributed by atoms with Crippen LogP contribution in [0.15, 0.2) is 99.2 Å². The number of rotatable bonds is 6. The maximum atomic E-state index is 14.2. The molecule has 1 fully saturated rings. The molecule has 4 atom stereocenters. The summed E-state index contributed by atoms with van der Waals surface area (Å²) < 4.78 is 27.9. The van der Waals surface area contributed by atoms with Crippen LogP contribution in [0, 0.1) is 11.7 Å². The van der Waals surface area contributed by atoms with E-state index in [1.807, 2.05) is 18.4 Å². The maximum absolute atomic E-state index is 14.2. The number of nitrogens with zero attached hydrogens (tertiary/aromatic N) is 4. The third-order valence-corrected chi connectivity index (χ3v) is 9.83. The van der Waals surface area contributed by atoms with E-state index in [1.165, 1.54) is 30.3 Å². The van der Waals surface area contributed by atoms with Gasteiger partial charge in [-0.2, -0.15) is 0 Å². The third kappa shape index (κ3) is 5.89. The molecule has 5 heterocycles. The lowest BCUT2D eigenvalue weighted by molar-refractivity contribution is 0.392. The molecule has 0 radical (unpaired) electrons. The highest BCUT2D eigenvalue weighted by molar-refractivity contribution is 8.03. The number of aliphatic imine (C=N–C) groups is 2. The monoisotopic (exact) mass is 592 g/mol. The van der Waals surface area contributed by atoms with E-state index in [-0.39, 0.29) is 11.1 Å². The minimum atomic E-state index is -1.03. The van der Waals surface area contributed by atoms with Gasteiger partial charge in [-0.05, 0) is 74.1 Å². The number of alkyl halides is 1. The van der Waals surface area contributed by atoms with E-state index in [9.17, 15) is 8.78 Å². The van der Waals surface area contributed by atoms with Crippen LogP contribution in [0.4, 0.5) is 8.78 Å². The average Bonchev–Trinajstić information content (AvgIpc) is 3.58. The van der Waals surface area contributed by atoms with Gasteiger partial charge < -0.3 is 9.80 Å². The van der Waals surface area contributed by atoms with Crippen molar-refractivity contribution in [1.29, 1.82) is 0 Å². The van der Waals surface area contributed by atoms with Crippen molar-refractivity contribution in [2.75, 3.05) is 26.2 Å². The molecular formula is C33H35ClF2N4S. The van der Waals surface area contributed by atoms with E-state index in [2.05, 4.69) is 33.9 Å². The summed E-state index contributed by atoms with van der Waals surface area (Å²) in [7, 11) is 0. The molecular weight excluding hydrogens is 558 g/mol. The van der Waals surface area contributed by atoms with Crippen LogP contribution in [-0.4, -0.2) is 58.9 Å². The Balaban J connectivity index is 1.45. The predicted octanol–water partition coefficient (Wildman–Crippen LogP) is 7.99. The molecule has 0 bridgehead atoms. The molecule has 8 heteroatoms. The largest absolute Gasteiger partial charge is 0.377 e. The molecule has 2 unspecified atom stereocenters. The molecule has 1 aromatic rings. The number of benzene rings is 1. The first-order valence-corrected chi connectivity index (χ1v) is 15.7. The molecule has 0 aromatic heterocycles. The Morgan fingerprint density at radius 1 is 1.24 bits per heavy atom. The van der Waals surface area contributed by atoms with E-state index in [0.717, 1.165) is 73.6 Å². The van der Waals surface area contributed by atoms with Crippen molar-refractivity contribution in [3.05, 3.63) is 106 Å². The number of hydrogen-bond acceptors (Lipinski definition) is 5. The second-order valence-electron chi connectivity index (χ2n) is 11.2. The van der Waals surface area contributed by atoms with Gasteiger partial charge in [-0.1, -0.05) is 48.0 Å². The smallest absolute Gasteiger partial charge is 0.124 e. The first-order valence-electron chi connectivity index (χ1n) is 14.4. The van der Waals surface area contributed by atoms with E-state index in [4.69, 9.17) is 21.6 Å². The average molecular weight is 593 g/mol. The van der Waals surface area contributed by atoms with E-state index >= 15 is 0 Å². The zero-order valence-corrected chi connectivity index (χ0v) is 24.9. The van der Waals surface area contributed by atoms with Gasteiger partial charge >= 0.3 is 0 Å². The molecule has 0 aliphatic carbocycles. The second-order valence-corrected chi connectivity index (χ2v) is 12.7. The first kappa shape index (κ1) is 28.2. The zero-order chi connectivity index (χ0) is 28.5. The number of fused-ring (bicyclic) bond motifs is 1. The van der Waals surface area contributed by atoms with E-state index in [1.54, 1.807) is 23.9 Å². The molecule has 5 aliphatic heterocycles. The van der Waals surface area contributed by atoms with Gasteiger partial charge in [0.05, 0.1) is 17.5 Å². The fraction of sp³-hybridized carbons (Fsp3) is 0.394. The highest BCUT2D eigenvalue weighted by atomic mass is 35.5. The number of halogens is 3. The Hall–Kier alpha value is -2.90. The van der Waals surface area contributed by atoms with Crippen LogP contribution in [0.5, 0.6) is 0 Å². The normalized spacial score (nSPS) is 28.0. The standard InChI is InChI=1S/C33H35ClF2N4S/c1-3-39-13-4-6-23(12-14-39)24-17-29-31(28-11-8-22(19-37-28)16-21(2)35)32(26-10-9-25(36)18-27(26)34)38-33(40(29)20-24)30-7-5-15-41-30/h3,5-6,8-11,15-16,18,21,24,30,32H,1,4,7,12-14,17,19-20H2,2H3/t21?,24-,30?,32-/m0/s1. The Morgan fingerprint density at radius 2 is 2.12 bits per heavy atom. The van der Waals surface area contributed by atoms with Crippen LogP contribution in [0.1, 0.15) is 44.2 Å². The van der Waals surface area contributed by atoms with Crippen LogP contribution >= 0.6 is 23.4 Å². The van der Waals surface area contributed by atoms with Gasteiger partial charge in [0.1, 0.15) is 23.9 Å². The summed E-state index contributed by atoms with van der Waals surface area (Å²) >= 11 is 8.50. The highest BCUT2D eigenvalue weighted by Gasteiger charge is 2.43. The molecule has 0 amide bonds. The number of hydrogen-bond donors (Lipinski definition) is 0. The molecule has 41 heavy (non-hydrogen) atoms. The summed E-state index contributed by atoms with van der Waals surface area (Å²) in [4.78, 5) is 15.1. The molecule has 1 aromatic carbocycles. The Kier molecular flexibility index (Phi) is 8.36. The lowest BCUT2D eigenvalue weighted by Gasteiger charge is -2.36. The topological polar surface area (TPSA) is 31.2 Å². The Labute approximate surface area is 250 Å². The van der Waals surface area contributed by atoms with Crippen molar-refractivity contribution >= 4 is 34.9 Å². The van der Waals surface area contributed by atoms with Crippen molar-refractivity contribution in [1.82, 2.24) is 9.80 Å². The van der Waals surface area contributed by atoms with Crippen LogP contribution in [0.25, 0.3) is 0 Å². The Morgan fingerprint density at radius 3 is 2.83 bits per heavy atom. The van der Waals surface area contributed by atoms with Gasteiger partial charge in [-0.15, -0.1) is 11.8 Å². The molecule has 5 aliphatic rings. The molecule has 0 saturated carbocycles. The SMILES string of the molecule is C=CN1CCC=C([C@H]2CC3=C(C4=NCC(=CC(C)F)C=C4)[C@H](c4ccc(F)cc4Cl)N=C(C4CC=CS4)N3C2)CC1. The van der Waals surface area contributed by atoms with Crippen LogP contribution in [-0.2, 0) is 0 Å². The van der Waals surface area contributed by atoms with Gasteiger partial charge in [-0.25, -0.2) is 8.78 Å². The number of thioether (sulfide) groups is 1. The van der Waals surface area contributed by atoms with Crippen molar-refractivity contribution in [2.24, 2.45) is 15.9 Å².